The van der Waals surface area contributed by atoms with Gasteiger partial charge >= 0.3 is 5.97 Å². The van der Waals surface area contributed by atoms with E-state index in [1.807, 2.05) is 0 Å². The van der Waals surface area contributed by atoms with Gasteiger partial charge in [0.15, 0.2) is 0 Å². The Morgan fingerprint density at radius 1 is 1.75 bits per heavy atom. The Hall–Kier alpha value is -0.873. The molecule has 3 nitrogen and oxygen atoms in total. The first kappa shape index (κ1) is 11.1. The van der Waals surface area contributed by atoms with E-state index in [0.717, 1.165) is 0 Å². The Kier molecular flexibility index (Phi) is 5.32. The minimum atomic E-state index is -0.404. The lowest BCUT2D eigenvalue weighted by atomic mass is 10.3. The van der Waals surface area contributed by atoms with Gasteiger partial charge in [0, 0.05) is 5.57 Å². The highest BCUT2D eigenvalue weighted by molar-refractivity contribution is 5.98. The lowest BCUT2D eigenvalue weighted by molar-refractivity contribution is -0.143. The van der Waals surface area contributed by atoms with Crippen molar-refractivity contribution in [3.05, 3.63) is 24.8 Å². The van der Waals surface area contributed by atoms with Crippen LogP contribution in [0.25, 0.3) is 0 Å². The van der Waals surface area contributed by atoms with E-state index in [-0.39, 0.29) is 6.10 Å². The van der Waals surface area contributed by atoms with Gasteiger partial charge in [-0.05, 0) is 13.0 Å². The second-order valence-electron chi connectivity index (χ2n) is 2.42. The van der Waals surface area contributed by atoms with Gasteiger partial charge < -0.3 is 9.16 Å². The van der Waals surface area contributed by atoms with E-state index in [1.165, 1.54) is 0 Å². The molecule has 1 atom stereocenters. The minimum Gasteiger partial charge on any atom is -0.452 e. The fourth-order valence-electron chi connectivity index (χ4n) is 0.553. The Morgan fingerprint density at radius 3 is 2.67 bits per heavy atom. The lowest BCUT2D eigenvalue weighted by Crippen LogP contribution is -2.21. The topological polar surface area (TPSA) is 35.5 Å². The summed E-state index contributed by atoms with van der Waals surface area (Å²) >= 11 is 0. The molecule has 4 heteroatoms. The van der Waals surface area contributed by atoms with Crippen LogP contribution in [-0.4, -0.2) is 29.2 Å². The van der Waals surface area contributed by atoms with Gasteiger partial charge in [0.1, 0.15) is 16.6 Å². The van der Waals surface area contributed by atoms with Crippen molar-refractivity contribution in [2.75, 3.05) is 6.61 Å². The molecule has 0 aliphatic heterocycles. The van der Waals surface area contributed by atoms with Gasteiger partial charge in [-0.1, -0.05) is 13.2 Å². The summed E-state index contributed by atoms with van der Waals surface area (Å²) in [5.74, 6) is -0.404. The van der Waals surface area contributed by atoms with E-state index in [9.17, 15) is 4.79 Å². The predicted molar refractivity (Wildman–Crippen MR) is 50.8 cm³/mol. The Morgan fingerprint density at radius 2 is 2.33 bits per heavy atom. The molecule has 0 aliphatic rings. The van der Waals surface area contributed by atoms with Gasteiger partial charge in [-0.3, -0.25) is 0 Å². The van der Waals surface area contributed by atoms with Crippen LogP contribution in [0.2, 0.25) is 0 Å². The van der Waals surface area contributed by atoms with E-state index in [4.69, 9.17) is 9.16 Å². The third-order valence-corrected chi connectivity index (χ3v) is 1.53. The maximum atomic E-state index is 11.0. The predicted octanol–water partition coefficient (Wildman–Crippen LogP) is -0.0427. The first-order valence-corrected chi connectivity index (χ1v) is 4.41. The summed E-state index contributed by atoms with van der Waals surface area (Å²) in [4.78, 5) is 11.0. The van der Waals surface area contributed by atoms with Gasteiger partial charge in [0.25, 0.3) is 0 Å². The molecular weight excluding hydrogens is 172 g/mol. The molecule has 0 aliphatic carbocycles. The zero-order valence-corrected chi connectivity index (χ0v) is 9.50. The van der Waals surface area contributed by atoms with Crippen molar-refractivity contribution in [3.63, 3.8) is 0 Å². The van der Waals surface area contributed by atoms with Crippen LogP contribution in [0.4, 0.5) is 0 Å². The van der Waals surface area contributed by atoms with Gasteiger partial charge in [-0.2, -0.15) is 0 Å². The third-order valence-electron chi connectivity index (χ3n) is 1.20. The van der Waals surface area contributed by atoms with Gasteiger partial charge in [0.2, 0.25) is 0 Å². The Labute approximate surface area is 75.6 Å². The van der Waals surface area contributed by atoms with Crippen LogP contribution < -0.4 is 0 Å². The van der Waals surface area contributed by atoms with Crippen molar-refractivity contribution >= 4 is 16.5 Å². The van der Waals surface area contributed by atoms with Gasteiger partial charge in [-0.25, -0.2) is 4.79 Å². The Balaban J connectivity index is 3.93. The highest BCUT2D eigenvalue weighted by atomic mass is 28.2. The molecule has 0 heterocycles. The van der Waals surface area contributed by atoms with E-state index in [2.05, 4.69) is 13.2 Å². The van der Waals surface area contributed by atoms with Crippen molar-refractivity contribution in [2.45, 2.75) is 13.0 Å². The molecular formula is C8H14O3Si. The Bertz CT molecular complexity index is 189. The molecule has 0 saturated carbocycles. The molecule has 0 saturated heterocycles. The maximum Gasteiger partial charge on any atom is 0.333 e. The van der Waals surface area contributed by atoms with Crippen LogP contribution in [0.3, 0.4) is 0 Å². The number of hydrogen-bond acceptors (Lipinski definition) is 3. The van der Waals surface area contributed by atoms with E-state index in [0.29, 0.717) is 22.7 Å². The van der Waals surface area contributed by atoms with Crippen molar-refractivity contribution in [3.8, 4) is 0 Å². The van der Waals surface area contributed by atoms with Crippen molar-refractivity contribution < 1.29 is 14.0 Å². The van der Waals surface area contributed by atoms with E-state index >= 15 is 0 Å². The molecule has 0 radical (unpaired) electrons. The number of carbonyl (C=O) groups is 1. The average molecular weight is 186 g/mol. The number of carbonyl (C=O) groups excluding carboxylic acids is 1. The lowest BCUT2D eigenvalue weighted by Gasteiger charge is -2.12. The SMILES string of the molecule is C=CC(CO[SiH3])OC(=O)C(=C)C. The molecule has 0 aromatic heterocycles. The summed E-state index contributed by atoms with van der Waals surface area (Å²) in [5, 5.41) is 0. The zero-order valence-electron chi connectivity index (χ0n) is 7.50. The summed E-state index contributed by atoms with van der Waals surface area (Å²) in [6, 6.07) is 0. The van der Waals surface area contributed by atoms with Crippen LogP contribution in [0.15, 0.2) is 24.8 Å². The van der Waals surface area contributed by atoms with E-state index in [1.54, 1.807) is 13.0 Å². The highest BCUT2D eigenvalue weighted by Gasteiger charge is 2.10. The first-order chi connectivity index (χ1) is 5.61. The van der Waals surface area contributed by atoms with E-state index < -0.39 is 5.97 Å². The molecule has 0 fully saturated rings. The monoisotopic (exact) mass is 186 g/mol. The second kappa shape index (κ2) is 5.74. The van der Waals surface area contributed by atoms with Crippen molar-refractivity contribution in [2.24, 2.45) is 0 Å². The highest BCUT2D eigenvalue weighted by Crippen LogP contribution is 1.99. The van der Waals surface area contributed by atoms with Gasteiger partial charge in [0.05, 0.1) is 6.61 Å². The van der Waals surface area contributed by atoms with Crippen LogP contribution in [0.5, 0.6) is 0 Å². The number of hydrogen-bond donors (Lipinski definition) is 0. The van der Waals surface area contributed by atoms with Crippen LogP contribution in [-0.2, 0) is 14.0 Å². The summed E-state index contributed by atoms with van der Waals surface area (Å²) in [6.07, 6.45) is 1.19. The fraction of sp³-hybridized carbons (Fsp3) is 0.375. The molecule has 1 unspecified atom stereocenters. The fourth-order valence-corrected chi connectivity index (χ4v) is 0.881. The molecule has 0 amide bonds. The van der Waals surface area contributed by atoms with Crippen LogP contribution >= 0.6 is 0 Å². The number of rotatable bonds is 5. The summed E-state index contributed by atoms with van der Waals surface area (Å²) in [6.45, 7) is 8.97. The second-order valence-corrected chi connectivity index (χ2v) is 2.99. The van der Waals surface area contributed by atoms with Crippen molar-refractivity contribution in [1.29, 1.82) is 0 Å². The molecule has 0 bridgehead atoms. The zero-order chi connectivity index (χ0) is 9.56. The van der Waals surface area contributed by atoms with Gasteiger partial charge in [-0.15, -0.1) is 0 Å². The van der Waals surface area contributed by atoms with Crippen LogP contribution in [0, 0.1) is 0 Å². The molecule has 12 heavy (non-hydrogen) atoms. The number of ether oxygens (including phenoxy) is 1. The minimum absolute atomic E-state index is 0.355. The molecule has 0 aromatic rings. The molecule has 0 N–H and O–H groups in total. The molecule has 0 aromatic carbocycles. The summed E-state index contributed by atoms with van der Waals surface area (Å²) < 4.78 is 9.88. The number of esters is 1. The van der Waals surface area contributed by atoms with Crippen molar-refractivity contribution in [1.82, 2.24) is 0 Å². The molecule has 68 valence electrons. The normalized spacial score (nSPS) is 12.1. The quantitative estimate of drug-likeness (QED) is 0.261. The summed E-state index contributed by atoms with van der Waals surface area (Å²) in [5.41, 5.74) is 0.384. The first-order valence-electron chi connectivity index (χ1n) is 3.59. The smallest absolute Gasteiger partial charge is 0.333 e. The molecule has 0 rings (SSSR count). The van der Waals surface area contributed by atoms with Crippen LogP contribution in [0.1, 0.15) is 6.92 Å². The largest absolute Gasteiger partial charge is 0.452 e. The standard InChI is InChI=1S/C8H14O3Si/c1-4-7(5-10-12)11-8(9)6(2)3/h4,7H,1-2,5H2,3,12H3. The third kappa shape index (κ3) is 4.10. The molecule has 0 spiro atoms. The maximum absolute atomic E-state index is 11.0. The summed E-state index contributed by atoms with van der Waals surface area (Å²) in [7, 11) is 0.627. The average Bonchev–Trinajstić information content (AvgIpc) is 2.03.